The minimum atomic E-state index is -0.164. The lowest BCUT2D eigenvalue weighted by Gasteiger charge is -2.19. The van der Waals surface area contributed by atoms with Crippen molar-refractivity contribution in [3.8, 4) is 0 Å². The van der Waals surface area contributed by atoms with Gasteiger partial charge in [-0.2, -0.15) is 0 Å². The molecule has 1 aromatic rings. The molecule has 90 valence electrons. The van der Waals surface area contributed by atoms with Crippen molar-refractivity contribution < 1.29 is 9.59 Å². The predicted molar refractivity (Wildman–Crippen MR) is 71.9 cm³/mol. The van der Waals surface area contributed by atoms with Gasteiger partial charge in [-0.05, 0) is 42.6 Å². The second kappa shape index (κ2) is 5.06. The van der Waals surface area contributed by atoms with Gasteiger partial charge in [0.15, 0.2) is 0 Å². The zero-order valence-electron chi connectivity index (χ0n) is 9.67. The summed E-state index contributed by atoms with van der Waals surface area (Å²) < 4.78 is 0. The smallest absolute Gasteiger partial charge is 0.268 e. The second-order valence-electron chi connectivity index (χ2n) is 3.82. The number of thioether (sulfide) groups is 1. The molecule has 0 N–H and O–H groups in total. The molecule has 0 aliphatic carbocycles. The highest BCUT2D eigenvalue weighted by atomic mass is 32.2. The first-order chi connectivity index (χ1) is 8.13. The monoisotopic (exact) mass is 267 g/mol. The molecule has 1 atom stereocenters. The summed E-state index contributed by atoms with van der Waals surface area (Å²) in [5.41, 5.74) is 0. The van der Waals surface area contributed by atoms with E-state index in [1.54, 1.807) is 17.4 Å². The van der Waals surface area contributed by atoms with Crippen molar-refractivity contribution in [3.63, 3.8) is 0 Å². The zero-order chi connectivity index (χ0) is 12.4. The largest absolute Gasteiger partial charge is 0.293 e. The van der Waals surface area contributed by atoms with Crippen LogP contribution < -0.4 is 0 Å². The zero-order valence-corrected chi connectivity index (χ0v) is 11.3. The van der Waals surface area contributed by atoms with Crippen molar-refractivity contribution in [2.45, 2.75) is 26.3 Å². The molecule has 3 nitrogen and oxygen atoms in total. The molecule has 2 rings (SSSR count). The molecule has 1 saturated heterocycles. The van der Waals surface area contributed by atoms with Gasteiger partial charge in [0.25, 0.3) is 11.1 Å². The van der Waals surface area contributed by atoms with Crippen molar-refractivity contribution in [2.24, 2.45) is 0 Å². The van der Waals surface area contributed by atoms with Gasteiger partial charge in [-0.15, -0.1) is 11.3 Å². The van der Waals surface area contributed by atoms with E-state index < -0.39 is 0 Å². The van der Waals surface area contributed by atoms with E-state index in [0.29, 0.717) is 4.91 Å². The first-order valence-corrected chi connectivity index (χ1v) is 7.13. The summed E-state index contributed by atoms with van der Waals surface area (Å²) in [5.74, 6) is -0.164. The van der Waals surface area contributed by atoms with Crippen LogP contribution in [0.3, 0.4) is 0 Å². The molecule has 0 bridgehead atoms. The topological polar surface area (TPSA) is 37.4 Å². The third-order valence-electron chi connectivity index (χ3n) is 2.67. The van der Waals surface area contributed by atoms with Gasteiger partial charge in [0.2, 0.25) is 0 Å². The fraction of sp³-hybridized carbons (Fsp3) is 0.333. The Balaban J connectivity index is 2.24. The molecule has 5 heteroatoms. The lowest BCUT2D eigenvalue weighted by molar-refractivity contribution is -0.124. The normalized spacial score (nSPS) is 20.4. The van der Waals surface area contributed by atoms with Crippen LogP contribution in [0.25, 0.3) is 6.08 Å². The molecule has 2 amide bonds. The van der Waals surface area contributed by atoms with Crippen molar-refractivity contribution in [2.75, 3.05) is 0 Å². The summed E-state index contributed by atoms with van der Waals surface area (Å²) in [6.45, 7) is 3.86. The van der Waals surface area contributed by atoms with E-state index in [1.165, 1.54) is 4.90 Å². The Hall–Kier alpha value is -1.07. The maximum absolute atomic E-state index is 12.1. The van der Waals surface area contributed by atoms with Crippen LogP contribution in [-0.4, -0.2) is 22.1 Å². The molecule has 1 fully saturated rings. The van der Waals surface area contributed by atoms with Crippen molar-refractivity contribution in [3.05, 3.63) is 27.3 Å². The number of amides is 2. The molecule has 0 radical (unpaired) electrons. The number of hydrogen-bond acceptors (Lipinski definition) is 4. The van der Waals surface area contributed by atoms with E-state index in [0.717, 1.165) is 23.1 Å². The number of hydrogen-bond donors (Lipinski definition) is 0. The van der Waals surface area contributed by atoms with E-state index >= 15 is 0 Å². The van der Waals surface area contributed by atoms with Crippen LogP contribution in [0.2, 0.25) is 0 Å². The SMILES string of the molecule is CC[C@@H](C)N1C(=O)S/C(=C\c2cccs2)C1=O. The highest BCUT2D eigenvalue weighted by Gasteiger charge is 2.37. The average molecular weight is 267 g/mol. The Labute approximate surface area is 109 Å². The van der Waals surface area contributed by atoms with E-state index in [1.807, 2.05) is 31.4 Å². The van der Waals surface area contributed by atoms with Crippen LogP contribution >= 0.6 is 23.1 Å². The molecule has 1 aromatic heterocycles. The second-order valence-corrected chi connectivity index (χ2v) is 5.80. The van der Waals surface area contributed by atoms with E-state index in [4.69, 9.17) is 0 Å². The van der Waals surface area contributed by atoms with Crippen LogP contribution in [0.15, 0.2) is 22.4 Å². The summed E-state index contributed by atoms with van der Waals surface area (Å²) in [5, 5.41) is 1.79. The molecular formula is C12H13NO2S2. The maximum atomic E-state index is 12.1. The van der Waals surface area contributed by atoms with Gasteiger partial charge in [0, 0.05) is 10.9 Å². The molecule has 0 unspecified atom stereocenters. The molecule has 0 aromatic carbocycles. The molecule has 1 aliphatic heterocycles. The molecule has 17 heavy (non-hydrogen) atoms. The molecular weight excluding hydrogens is 254 g/mol. The van der Waals surface area contributed by atoms with Crippen LogP contribution in [-0.2, 0) is 4.79 Å². The van der Waals surface area contributed by atoms with Crippen LogP contribution in [0, 0.1) is 0 Å². The molecule has 1 aliphatic rings. The fourth-order valence-electron chi connectivity index (χ4n) is 1.55. The van der Waals surface area contributed by atoms with Gasteiger partial charge in [0.05, 0.1) is 4.91 Å². The van der Waals surface area contributed by atoms with Gasteiger partial charge in [0.1, 0.15) is 0 Å². The van der Waals surface area contributed by atoms with Crippen molar-refractivity contribution in [1.29, 1.82) is 0 Å². The lowest BCUT2D eigenvalue weighted by atomic mass is 10.2. The summed E-state index contributed by atoms with van der Waals surface area (Å²) >= 11 is 2.59. The van der Waals surface area contributed by atoms with Gasteiger partial charge in [-0.25, -0.2) is 0 Å². The van der Waals surface area contributed by atoms with Crippen molar-refractivity contribution in [1.82, 2.24) is 4.90 Å². The number of thiophene rings is 1. The van der Waals surface area contributed by atoms with Gasteiger partial charge in [-0.1, -0.05) is 13.0 Å². The van der Waals surface area contributed by atoms with Gasteiger partial charge in [-0.3, -0.25) is 14.5 Å². The standard InChI is InChI=1S/C12H13NO2S2/c1-3-8(2)13-11(14)10(17-12(13)15)7-9-5-4-6-16-9/h4-8H,3H2,1-2H3/b10-7-/t8-/m1/s1. The third kappa shape index (κ3) is 2.45. The van der Waals surface area contributed by atoms with Crippen LogP contribution in [0.4, 0.5) is 4.79 Å². The Morgan fingerprint density at radius 2 is 2.24 bits per heavy atom. The Bertz CT molecular complexity index is 465. The van der Waals surface area contributed by atoms with Crippen LogP contribution in [0.5, 0.6) is 0 Å². The number of nitrogens with zero attached hydrogens (tertiary/aromatic N) is 1. The number of carbonyl (C=O) groups excluding carboxylic acids is 2. The van der Waals surface area contributed by atoms with E-state index in [-0.39, 0.29) is 17.2 Å². The Kier molecular flexibility index (Phi) is 3.69. The predicted octanol–water partition coefficient (Wildman–Crippen LogP) is 3.58. The highest BCUT2D eigenvalue weighted by molar-refractivity contribution is 8.18. The number of imide groups is 1. The third-order valence-corrected chi connectivity index (χ3v) is 4.37. The Morgan fingerprint density at radius 3 is 2.82 bits per heavy atom. The lowest BCUT2D eigenvalue weighted by Crippen LogP contribution is -2.36. The quantitative estimate of drug-likeness (QED) is 0.785. The summed E-state index contributed by atoms with van der Waals surface area (Å²) in [6, 6.07) is 3.83. The van der Waals surface area contributed by atoms with Gasteiger partial charge < -0.3 is 0 Å². The first kappa shape index (κ1) is 12.4. The van der Waals surface area contributed by atoms with Crippen molar-refractivity contribution >= 4 is 40.3 Å². The minimum absolute atomic E-state index is 0.0308. The summed E-state index contributed by atoms with van der Waals surface area (Å²) in [6.07, 6.45) is 2.57. The average Bonchev–Trinajstić information content (AvgIpc) is 2.89. The molecule has 0 saturated carbocycles. The van der Waals surface area contributed by atoms with E-state index in [9.17, 15) is 9.59 Å². The molecule has 2 heterocycles. The summed E-state index contributed by atoms with van der Waals surface area (Å²) in [4.78, 5) is 26.7. The van der Waals surface area contributed by atoms with E-state index in [2.05, 4.69) is 0 Å². The summed E-state index contributed by atoms with van der Waals surface area (Å²) in [7, 11) is 0. The minimum Gasteiger partial charge on any atom is -0.268 e. The molecule has 0 spiro atoms. The highest BCUT2D eigenvalue weighted by Crippen LogP contribution is 2.34. The Morgan fingerprint density at radius 1 is 1.47 bits per heavy atom. The number of carbonyl (C=O) groups is 2. The number of rotatable bonds is 3. The first-order valence-electron chi connectivity index (χ1n) is 5.44. The van der Waals surface area contributed by atoms with Gasteiger partial charge >= 0.3 is 0 Å². The fourth-order valence-corrected chi connectivity index (χ4v) is 3.20. The van der Waals surface area contributed by atoms with Crippen LogP contribution in [0.1, 0.15) is 25.1 Å². The maximum Gasteiger partial charge on any atom is 0.293 e.